The van der Waals surface area contributed by atoms with E-state index in [4.69, 9.17) is 0 Å². The van der Waals surface area contributed by atoms with Crippen LogP contribution in [-0.2, 0) is 6.42 Å². The summed E-state index contributed by atoms with van der Waals surface area (Å²) in [7, 11) is 0. The fourth-order valence-electron chi connectivity index (χ4n) is 3.41. The molecule has 6 nitrogen and oxygen atoms in total. The molecular formula is C24H22N4O2S. The highest BCUT2D eigenvalue weighted by molar-refractivity contribution is 7.06. The Hall–Kier alpha value is -3.45. The number of benzene rings is 2. The van der Waals surface area contributed by atoms with Crippen LogP contribution in [0.4, 0.5) is 5.69 Å². The van der Waals surface area contributed by atoms with Gasteiger partial charge in [0.2, 0.25) is 0 Å². The van der Waals surface area contributed by atoms with Crippen LogP contribution in [0.2, 0.25) is 0 Å². The van der Waals surface area contributed by atoms with E-state index in [0.717, 1.165) is 28.0 Å². The number of aromatic nitrogens is 3. The monoisotopic (exact) mass is 430 g/mol. The quantitative estimate of drug-likeness (QED) is 0.406. The van der Waals surface area contributed by atoms with Gasteiger partial charge in [-0.05, 0) is 49.1 Å². The molecule has 1 N–H and O–H groups in total. The largest absolute Gasteiger partial charge is 0.322 e. The maximum Gasteiger partial charge on any atom is 0.258 e. The maximum absolute atomic E-state index is 13.1. The predicted octanol–water partition coefficient (Wildman–Crippen LogP) is 5.22. The molecule has 4 aromatic rings. The molecule has 0 aliphatic heterocycles. The van der Waals surface area contributed by atoms with Gasteiger partial charge in [-0.15, -0.1) is 0 Å². The molecule has 0 spiro atoms. The number of aryl methyl sites for hydroxylation is 1. The number of para-hydroxylation sites is 2. The van der Waals surface area contributed by atoms with E-state index in [-0.39, 0.29) is 11.7 Å². The summed E-state index contributed by atoms with van der Waals surface area (Å²) in [6.07, 6.45) is 3.49. The maximum atomic E-state index is 13.1. The summed E-state index contributed by atoms with van der Waals surface area (Å²) in [6, 6.07) is 14.7. The molecule has 0 saturated carbocycles. The van der Waals surface area contributed by atoms with E-state index >= 15 is 0 Å². The van der Waals surface area contributed by atoms with Gasteiger partial charge in [-0.2, -0.15) is 4.37 Å². The lowest BCUT2D eigenvalue weighted by molar-refractivity contribution is 0.0979. The second kappa shape index (κ2) is 9.14. The summed E-state index contributed by atoms with van der Waals surface area (Å²) in [5.41, 5.74) is 4.85. The van der Waals surface area contributed by atoms with Crippen molar-refractivity contribution in [3.63, 3.8) is 0 Å². The van der Waals surface area contributed by atoms with Gasteiger partial charge in [0.25, 0.3) is 5.91 Å². The van der Waals surface area contributed by atoms with Crippen LogP contribution in [0.1, 0.15) is 56.7 Å². The van der Waals surface area contributed by atoms with E-state index in [0.29, 0.717) is 35.3 Å². The number of carbonyl (C=O) groups excluding carboxylic acids is 2. The van der Waals surface area contributed by atoms with E-state index in [9.17, 15) is 9.59 Å². The molecule has 0 unspecified atom stereocenters. The van der Waals surface area contributed by atoms with Crippen molar-refractivity contribution < 1.29 is 9.59 Å². The number of fused-ring (bicyclic) bond motifs is 1. The van der Waals surface area contributed by atoms with Crippen LogP contribution in [0, 0.1) is 6.92 Å². The number of nitrogens with one attached hydrogen (secondary N) is 1. The van der Waals surface area contributed by atoms with Crippen molar-refractivity contribution in [2.45, 2.75) is 33.1 Å². The normalized spacial score (nSPS) is 10.9. The molecule has 0 saturated heterocycles. The van der Waals surface area contributed by atoms with Crippen molar-refractivity contribution in [1.82, 2.24) is 14.3 Å². The Bertz CT molecular complexity index is 1270. The van der Waals surface area contributed by atoms with Gasteiger partial charge < -0.3 is 5.32 Å². The summed E-state index contributed by atoms with van der Waals surface area (Å²) in [5, 5.41) is 2.92. The Balaban J connectivity index is 1.56. The van der Waals surface area contributed by atoms with Gasteiger partial charge >= 0.3 is 0 Å². The first-order valence-electron chi connectivity index (χ1n) is 10.2. The van der Waals surface area contributed by atoms with Crippen molar-refractivity contribution in [2.75, 3.05) is 5.32 Å². The molecule has 0 bridgehead atoms. The van der Waals surface area contributed by atoms with Gasteiger partial charge in [0.15, 0.2) is 5.78 Å². The average molecular weight is 431 g/mol. The molecule has 2 aromatic heterocycles. The topological polar surface area (TPSA) is 84.8 Å². The van der Waals surface area contributed by atoms with E-state index in [1.54, 1.807) is 30.5 Å². The Kier molecular flexibility index (Phi) is 6.13. The zero-order chi connectivity index (χ0) is 21.8. The molecule has 156 valence electrons. The molecule has 4 rings (SSSR count). The Labute approximate surface area is 184 Å². The molecule has 0 aliphatic rings. The van der Waals surface area contributed by atoms with E-state index in [2.05, 4.69) is 19.7 Å². The molecule has 0 fully saturated rings. The highest BCUT2D eigenvalue weighted by Gasteiger charge is 2.20. The molecule has 2 aromatic carbocycles. The summed E-state index contributed by atoms with van der Waals surface area (Å²) >= 11 is 1.30. The van der Waals surface area contributed by atoms with Crippen molar-refractivity contribution in [3.05, 3.63) is 82.1 Å². The summed E-state index contributed by atoms with van der Waals surface area (Å²) in [5.74, 6) is -0.169. The summed E-state index contributed by atoms with van der Waals surface area (Å²) < 4.78 is 4.39. The van der Waals surface area contributed by atoms with E-state index < -0.39 is 0 Å². The molecular weight excluding hydrogens is 408 g/mol. The zero-order valence-electron chi connectivity index (χ0n) is 17.4. The van der Waals surface area contributed by atoms with Crippen LogP contribution in [-0.4, -0.2) is 26.0 Å². The lowest BCUT2D eigenvalue weighted by Gasteiger charge is -2.08. The second-order valence-corrected chi connectivity index (χ2v) is 8.16. The lowest BCUT2D eigenvalue weighted by Crippen LogP contribution is -2.15. The fourth-order valence-corrected chi connectivity index (χ4v) is 4.29. The third kappa shape index (κ3) is 4.67. The van der Waals surface area contributed by atoms with Gasteiger partial charge in [0, 0.05) is 35.2 Å². The minimum absolute atomic E-state index is 0.0718. The zero-order valence-corrected chi connectivity index (χ0v) is 18.2. The van der Waals surface area contributed by atoms with Crippen LogP contribution in [0.5, 0.6) is 0 Å². The minimum atomic E-state index is -0.241. The number of hydrogen-bond donors (Lipinski definition) is 1. The number of nitrogens with zero attached hydrogens (tertiary/aromatic N) is 3. The molecule has 31 heavy (non-hydrogen) atoms. The number of anilines is 1. The predicted molar refractivity (Wildman–Crippen MR) is 123 cm³/mol. The molecule has 0 radical (unpaired) electrons. The lowest BCUT2D eigenvalue weighted by atomic mass is 10.1. The van der Waals surface area contributed by atoms with Crippen molar-refractivity contribution in [1.29, 1.82) is 0 Å². The number of hydrogen-bond acceptors (Lipinski definition) is 6. The van der Waals surface area contributed by atoms with Crippen molar-refractivity contribution >= 4 is 39.9 Å². The van der Waals surface area contributed by atoms with Crippen LogP contribution in [0.3, 0.4) is 0 Å². The van der Waals surface area contributed by atoms with E-state index in [1.165, 1.54) is 11.5 Å². The Morgan fingerprint density at radius 2 is 1.87 bits per heavy atom. The first kappa shape index (κ1) is 20.8. The second-order valence-electron chi connectivity index (χ2n) is 7.30. The van der Waals surface area contributed by atoms with Crippen LogP contribution >= 0.6 is 11.5 Å². The van der Waals surface area contributed by atoms with Gasteiger partial charge in [-0.3, -0.25) is 14.6 Å². The smallest absolute Gasteiger partial charge is 0.258 e. The highest BCUT2D eigenvalue weighted by Crippen LogP contribution is 2.24. The SMILES string of the molecule is CCCC(=O)c1cccc(NC(=O)c2c(C)nsc2Cc2cnc3ccccc3n2)c1. The van der Waals surface area contributed by atoms with Crippen LogP contribution < -0.4 is 5.32 Å². The van der Waals surface area contributed by atoms with Crippen molar-refractivity contribution in [2.24, 2.45) is 0 Å². The van der Waals surface area contributed by atoms with Crippen molar-refractivity contribution in [3.8, 4) is 0 Å². The summed E-state index contributed by atoms with van der Waals surface area (Å²) in [4.78, 5) is 35.2. The Morgan fingerprint density at radius 3 is 2.68 bits per heavy atom. The summed E-state index contributed by atoms with van der Waals surface area (Å²) in [6.45, 7) is 3.79. The number of Topliss-reactive ketones (excluding diaryl/α,β-unsaturated/α-hetero) is 1. The van der Waals surface area contributed by atoms with Crippen LogP contribution in [0.15, 0.2) is 54.7 Å². The molecule has 0 atom stereocenters. The average Bonchev–Trinajstić information content (AvgIpc) is 3.14. The molecule has 0 aliphatic carbocycles. The molecule has 7 heteroatoms. The number of ketones is 1. The first-order chi connectivity index (χ1) is 15.0. The third-order valence-corrected chi connectivity index (χ3v) is 5.85. The van der Waals surface area contributed by atoms with E-state index in [1.807, 2.05) is 38.1 Å². The number of amides is 1. The number of carbonyl (C=O) groups is 2. The minimum Gasteiger partial charge on any atom is -0.322 e. The van der Waals surface area contributed by atoms with Gasteiger partial charge in [0.05, 0.1) is 28.0 Å². The first-order valence-corrected chi connectivity index (χ1v) is 10.9. The van der Waals surface area contributed by atoms with Gasteiger partial charge in [-0.1, -0.05) is 31.2 Å². The number of rotatable bonds is 7. The van der Waals surface area contributed by atoms with Gasteiger partial charge in [-0.25, -0.2) is 4.98 Å². The Morgan fingerprint density at radius 1 is 1.06 bits per heavy atom. The van der Waals surface area contributed by atoms with Gasteiger partial charge in [0.1, 0.15) is 0 Å². The fraction of sp³-hybridized carbons (Fsp3) is 0.208. The third-order valence-electron chi connectivity index (χ3n) is 4.92. The molecule has 1 amide bonds. The highest BCUT2D eigenvalue weighted by atomic mass is 32.1. The molecule has 2 heterocycles. The standard InChI is InChI=1S/C24H22N4O2S/c1-3-7-21(29)16-8-6-9-17(12-16)27-24(30)23-15(2)28-31-22(23)13-18-14-25-19-10-4-5-11-20(19)26-18/h4-6,8-12,14H,3,7,13H2,1-2H3,(H,27,30). The van der Waals surface area contributed by atoms with Crippen LogP contribution in [0.25, 0.3) is 11.0 Å².